The molecule has 0 aliphatic heterocycles. The fraction of sp³-hybridized carbons (Fsp3) is 1.00. The van der Waals surface area contributed by atoms with Crippen LogP contribution in [0.2, 0.25) is 0 Å². The monoisotopic (exact) mass is 238 g/mol. The number of hydrogen-bond donors (Lipinski definition) is 1. The van der Waals surface area contributed by atoms with Crippen LogP contribution in [-0.2, 0) is 0 Å². The Labute approximate surface area is 107 Å². The highest BCUT2D eigenvalue weighted by atomic mass is 15.2. The third-order valence-corrected chi connectivity index (χ3v) is 4.78. The third-order valence-electron chi connectivity index (χ3n) is 4.78. The first kappa shape index (κ1) is 13.4. The maximum atomic E-state index is 5.57. The SMILES string of the molecule is CC(C1CC1)N(CCCCCN)C(C)C1CC1. The van der Waals surface area contributed by atoms with Gasteiger partial charge in [0.15, 0.2) is 0 Å². The van der Waals surface area contributed by atoms with E-state index in [9.17, 15) is 0 Å². The lowest BCUT2D eigenvalue weighted by atomic mass is 10.1. The van der Waals surface area contributed by atoms with Gasteiger partial charge in [-0.05, 0) is 77.3 Å². The molecule has 2 rings (SSSR count). The summed E-state index contributed by atoms with van der Waals surface area (Å²) >= 11 is 0. The first-order valence-corrected chi connectivity index (χ1v) is 7.70. The second kappa shape index (κ2) is 6.19. The summed E-state index contributed by atoms with van der Waals surface area (Å²) in [5.41, 5.74) is 5.57. The third kappa shape index (κ3) is 3.96. The topological polar surface area (TPSA) is 29.3 Å². The Morgan fingerprint density at radius 1 is 0.941 bits per heavy atom. The zero-order valence-corrected chi connectivity index (χ0v) is 11.7. The summed E-state index contributed by atoms with van der Waals surface area (Å²) in [6.45, 7) is 7.07. The molecule has 0 amide bonds. The highest BCUT2D eigenvalue weighted by Gasteiger charge is 2.38. The van der Waals surface area contributed by atoms with Gasteiger partial charge in [-0.15, -0.1) is 0 Å². The molecule has 2 aliphatic carbocycles. The van der Waals surface area contributed by atoms with Crippen molar-refractivity contribution in [1.29, 1.82) is 0 Å². The van der Waals surface area contributed by atoms with Gasteiger partial charge in [0.1, 0.15) is 0 Å². The fourth-order valence-corrected chi connectivity index (χ4v) is 3.09. The smallest absolute Gasteiger partial charge is 0.00981 e. The molecule has 2 nitrogen and oxygen atoms in total. The van der Waals surface area contributed by atoms with E-state index >= 15 is 0 Å². The molecule has 0 aromatic rings. The van der Waals surface area contributed by atoms with Crippen LogP contribution in [-0.4, -0.2) is 30.1 Å². The van der Waals surface area contributed by atoms with E-state index in [0.29, 0.717) is 0 Å². The number of hydrogen-bond acceptors (Lipinski definition) is 2. The van der Waals surface area contributed by atoms with Crippen molar-refractivity contribution >= 4 is 0 Å². The first-order chi connectivity index (χ1) is 8.24. The second-order valence-corrected chi connectivity index (χ2v) is 6.24. The van der Waals surface area contributed by atoms with Crippen LogP contribution in [0.5, 0.6) is 0 Å². The van der Waals surface area contributed by atoms with Crippen LogP contribution < -0.4 is 5.73 Å². The summed E-state index contributed by atoms with van der Waals surface area (Å²) < 4.78 is 0. The van der Waals surface area contributed by atoms with Crippen LogP contribution in [0.25, 0.3) is 0 Å². The van der Waals surface area contributed by atoms with Crippen molar-refractivity contribution in [2.75, 3.05) is 13.1 Å². The van der Waals surface area contributed by atoms with Gasteiger partial charge in [0.2, 0.25) is 0 Å². The highest BCUT2D eigenvalue weighted by Crippen LogP contribution is 2.40. The zero-order chi connectivity index (χ0) is 12.3. The Balaban J connectivity index is 1.77. The second-order valence-electron chi connectivity index (χ2n) is 6.24. The van der Waals surface area contributed by atoms with E-state index in [1.165, 1.54) is 51.5 Å². The first-order valence-electron chi connectivity index (χ1n) is 7.70. The van der Waals surface area contributed by atoms with Crippen molar-refractivity contribution in [3.05, 3.63) is 0 Å². The zero-order valence-electron chi connectivity index (χ0n) is 11.7. The van der Waals surface area contributed by atoms with Gasteiger partial charge in [-0.2, -0.15) is 0 Å². The van der Waals surface area contributed by atoms with Crippen molar-refractivity contribution in [3.63, 3.8) is 0 Å². The molecule has 0 aromatic heterocycles. The van der Waals surface area contributed by atoms with Crippen molar-refractivity contribution in [3.8, 4) is 0 Å². The van der Waals surface area contributed by atoms with Crippen molar-refractivity contribution in [2.24, 2.45) is 17.6 Å². The molecule has 0 heterocycles. The summed E-state index contributed by atoms with van der Waals surface area (Å²) in [5, 5.41) is 0. The maximum absolute atomic E-state index is 5.57. The number of nitrogens with zero attached hydrogens (tertiary/aromatic N) is 1. The highest BCUT2D eigenvalue weighted by molar-refractivity contribution is 4.92. The Morgan fingerprint density at radius 2 is 1.47 bits per heavy atom. The molecule has 2 N–H and O–H groups in total. The lowest BCUT2D eigenvalue weighted by Crippen LogP contribution is -2.43. The van der Waals surface area contributed by atoms with E-state index in [1.54, 1.807) is 0 Å². The van der Waals surface area contributed by atoms with Crippen LogP contribution >= 0.6 is 0 Å². The molecule has 0 aromatic carbocycles. The van der Waals surface area contributed by atoms with Crippen molar-refractivity contribution in [2.45, 2.75) is 70.9 Å². The number of unbranched alkanes of at least 4 members (excludes halogenated alkanes) is 2. The predicted molar refractivity (Wildman–Crippen MR) is 74.0 cm³/mol. The van der Waals surface area contributed by atoms with Crippen LogP contribution in [0.3, 0.4) is 0 Å². The molecule has 0 radical (unpaired) electrons. The van der Waals surface area contributed by atoms with E-state index < -0.39 is 0 Å². The average Bonchev–Trinajstić information content (AvgIpc) is 3.21. The summed E-state index contributed by atoms with van der Waals surface area (Å²) in [4.78, 5) is 2.81. The largest absolute Gasteiger partial charge is 0.330 e. The van der Waals surface area contributed by atoms with E-state index in [4.69, 9.17) is 5.73 Å². The van der Waals surface area contributed by atoms with Gasteiger partial charge < -0.3 is 5.73 Å². The normalized spacial score (nSPS) is 24.0. The van der Waals surface area contributed by atoms with Gasteiger partial charge in [-0.1, -0.05) is 6.42 Å². The van der Waals surface area contributed by atoms with E-state index in [2.05, 4.69) is 18.7 Å². The van der Waals surface area contributed by atoms with Crippen LogP contribution in [0.4, 0.5) is 0 Å². The summed E-state index contributed by atoms with van der Waals surface area (Å²) in [6.07, 6.45) is 9.72. The number of rotatable bonds is 9. The molecular weight excluding hydrogens is 208 g/mol. The average molecular weight is 238 g/mol. The molecule has 2 unspecified atom stereocenters. The molecule has 0 spiro atoms. The minimum Gasteiger partial charge on any atom is -0.330 e. The molecule has 2 saturated carbocycles. The van der Waals surface area contributed by atoms with E-state index in [0.717, 1.165) is 30.5 Å². The molecule has 100 valence electrons. The Hall–Kier alpha value is -0.0800. The van der Waals surface area contributed by atoms with Crippen LogP contribution in [0.1, 0.15) is 58.8 Å². The minimum atomic E-state index is 0.823. The number of nitrogens with two attached hydrogens (primary N) is 1. The fourth-order valence-electron chi connectivity index (χ4n) is 3.09. The molecule has 2 atom stereocenters. The maximum Gasteiger partial charge on any atom is 0.00981 e. The standard InChI is InChI=1S/C15H30N2/c1-12(14-6-7-14)17(11-5-3-4-10-16)13(2)15-8-9-15/h12-15H,3-11,16H2,1-2H3. The van der Waals surface area contributed by atoms with Crippen molar-refractivity contribution in [1.82, 2.24) is 4.90 Å². The molecule has 17 heavy (non-hydrogen) atoms. The molecule has 0 bridgehead atoms. The minimum absolute atomic E-state index is 0.823. The lowest BCUT2D eigenvalue weighted by molar-refractivity contribution is 0.121. The van der Waals surface area contributed by atoms with Crippen LogP contribution in [0.15, 0.2) is 0 Å². The Bertz CT molecular complexity index is 203. The Kier molecular flexibility index (Phi) is 4.87. The molecule has 2 fully saturated rings. The van der Waals surface area contributed by atoms with Gasteiger partial charge in [-0.3, -0.25) is 4.90 Å². The summed E-state index contributed by atoms with van der Waals surface area (Å²) in [5.74, 6) is 2.01. The quantitative estimate of drug-likeness (QED) is 0.626. The Morgan fingerprint density at radius 3 is 1.88 bits per heavy atom. The van der Waals surface area contributed by atoms with Gasteiger partial charge in [0.05, 0.1) is 0 Å². The molecule has 2 aliphatic rings. The van der Waals surface area contributed by atoms with Crippen LogP contribution in [0, 0.1) is 11.8 Å². The molecular formula is C15H30N2. The molecule has 0 saturated heterocycles. The summed E-state index contributed by atoms with van der Waals surface area (Å²) in [7, 11) is 0. The van der Waals surface area contributed by atoms with Gasteiger partial charge in [0, 0.05) is 12.1 Å². The van der Waals surface area contributed by atoms with Crippen molar-refractivity contribution < 1.29 is 0 Å². The van der Waals surface area contributed by atoms with Gasteiger partial charge in [0.25, 0.3) is 0 Å². The summed E-state index contributed by atoms with van der Waals surface area (Å²) in [6, 6.07) is 1.65. The van der Waals surface area contributed by atoms with Gasteiger partial charge >= 0.3 is 0 Å². The lowest BCUT2D eigenvalue weighted by Gasteiger charge is -2.35. The van der Waals surface area contributed by atoms with E-state index in [-0.39, 0.29) is 0 Å². The van der Waals surface area contributed by atoms with Gasteiger partial charge in [-0.25, -0.2) is 0 Å². The predicted octanol–water partition coefficient (Wildman–Crippen LogP) is 3.01. The van der Waals surface area contributed by atoms with E-state index in [1.807, 2.05) is 0 Å². The molecule has 2 heteroatoms.